The number of hydrogen-bond acceptors (Lipinski definition) is 8. The molecule has 33 heavy (non-hydrogen) atoms. The van der Waals surface area contributed by atoms with Crippen molar-refractivity contribution in [1.82, 2.24) is 0 Å². The first-order chi connectivity index (χ1) is 15.9. The van der Waals surface area contributed by atoms with Crippen molar-refractivity contribution in [3.05, 3.63) is 76.8 Å². The molecule has 3 rings (SSSR count). The average molecular weight is 470 g/mol. The minimum atomic E-state index is -0.589. The number of anilines is 1. The van der Waals surface area contributed by atoms with E-state index in [1.54, 1.807) is 48.5 Å². The van der Waals surface area contributed by atoms with Crippen molar-refractivity contribution in [2.45, 2.75) is 0 Å². The van der Waals surface area contributed by atoms with Crippen LogP contribution >= 0.6 is 11.6 Å². The van der Waals surface area contributed by atoms with Gasteiger partial charge in [-0.2, -0.15) is 0 Å². The molecule has 3 aromatic rings. The summed E-state index contributed by atoms with van der Waals surface area (Å²) in [5, 5.41) is 8.20. The summed E-state index contributed by atoms with van der Waals surface area (Å²) >= 11 is 5.80. The van der Waals surface area contributed by atoms with Gasteiger partial charge in [0.25, 0.3) is 5.91 Å². The number of ether oxygens (including phenoxy) is 3. The molecule has 0 aliphatic rings. The molecule has 0 heterocycles. The molecule has 0 saturated carbocycles. The average Bonchev–Trinajstić information content (AvgIpc) is 2.85. The number of hydrogen-bond donors (Lipinski definition) is 1. The van der Waals surface area contributed by atoms with Gasteiger partial charge < -0.3 is 19.0 Å². The Morgan fingerprint density at radius 2 is 1.42 bits per heavy atom. The minimum absolute atomic E-state index is 0.223. The number of nitrogens with one attached hydrogen (secondary N) is 1. The smallest absolute Gasteiger partial charge is 0.362 e. The Balaban J connectivity index is 1.63. The topological polar surface area (TPSA) is 108 Å². The minimum Gasteiger partial charge on any atom is -0.493 e. The molecule has 0 bridgehead atoms. The summed E-state index contributed by atoms with van der Waals surface area (Å²) in [5.41, 5.74) is 4.05. The number of rotatable bonds is 8. The lowest BCUT2D eigenvalue weighted by Crippen LogP contribution is -2.10. The van der Waals surface area contributed by atoms with Crippen LogP contribution in [0.1, 0.15) is 20.7 Å². The SMILES string of the molecule is COc1cc(C(=O)N=Nc2ccc(NOC(=O)c3ccc(Cl)cc3)cc2)cc(OC)c1OC. The van der Waals surface area contributed by atoms with Gasteiger partial charge in [0.2, 0.25) is 5.75 Å². The maximum absolute atomic E-state index is 12.5. The van der Waals surface area contributed by atoms with E-state index in [0.29, 0.717) is 39.2 Å². The monoisotopic (exact) mass is 469 g/mol. The lowest BCUT2D eigenvalue weighted by atomic mass is 10.1. The molecular formula is C23H20ClN3O6. The second-order valence-electron chi connectivity index (χ2n) is 6.46. The van der Waals surface area contributed by atoms with Gasteiger partial charge in [-0.15, -0.1) is 10.2 Å². The zero-order valence-electron chi connectivity index (χ0n) is 18.0. The van der Waals surface area contributed by atoms with Crippen molar-refractivity contribution in [2.24, 2.45) is 10.2 Å². The fraction of sp³-hybridized carbons (Fsp3) is 0.130. The van der Waals surface area contributed by atoms with E-state index in [0.717, 1.165) is 0 Å². The zero-order valence-corrected chi connectivity index (χ0v) is 18.8. The second-order valence-corrected chi connectivity index (χ2v) is 6.90. The van der Waals surface area contributed by atoms with Crippen LogP contribution in [0.15, 0.2) is 70.9 Å². The Bertz CT molecular complexity index is 1140. The molecule has 10 heteroatoms. The molecule has 0 spiro atoms. The van der Waals surface area contributed by atoms with Gasteiger partial charge >= 0.3 is 5.97 Å². The summed E-state index contributed by atoms with van der Waals surface area (Å²) in [5.74, 6) is -0.119. The number of carbonyl (C=O) groups is 2. The first-order valence-corrected chi connectivity index (χ1v) is 9.92. The molecule has 9 nitrogen and oxygen atoms in total. The van der Waals surface area contributed by atoms with Crippen LogP contribution in [0.5, 0.6) is 17.2 Å². The van der Waals surface area contributed by atoms with E-state index in [9.17, 15) is 9.59 Å². The zero-order chi connectivity index (χ0) is 23.8. The molecule has 1 amide bonds. The molecule has 3 aromatic carbocycles. The van der Waals surface area contributed by atoms with E-state index in [2.05, 4.69) is 15.7 Å². The third-order valence-electron chi connectivity index (χ3n) is 4.38. The summed E-state index contributed by atoms with van der Waals surface area (Å²) in [4.78, 5) is 29.5. The van der Waals surface area contributed by atoms with Crippen molar-refractivity contribution in [2.75, 3.05) is 26.8 Å². The highest BCUT2D eigenvalue weighted by atomic mass is 35.5. The van der Waals surface area contributed by atoms with Crippen LogP contribution < -0.4 is 19.7 Å². The lowest BCUT2D eigenvalue weighted by molar-refractivity contribution is 0.0596. The fourth-order valence-corrected chi connectivity index (χ4v) is 2.84. The van der Waals surface area contributed by atoms with Crippen molar-refractivity contribution >= 4 is 34.9 Å². The predicted molar refractivity (Wildman–Crippen MR) is 122 cm³/mol. The van der Waals surface area contributed by atoms with Gasteiger partial charge in [-0.05, 0) is 60.7 Å². The molecule has 0 unspecified atom stereocenters. The van der Waals surface area contributed by atoms with Gasteiger partial charge in [0, 0.05) is 5.02 Å². The molecule has 0 aliphatic carbocycles. The van der Waals surface area contributed by atoms with E-state index in [-0.39, 0.29) is 5.56 Å². The van der Waals surface area contributed by atoms with Gasteiger partial charge in [-0.3, -0.25) is 4.79 Å². The number of nitrogens with zero attached hydrogens (tertiary/aromatic N) is 2. The van der Waals surface area contributed by atoms with Crippen molar-refractivity contribution in [3.8, 4) is 17.2 Å². The van der Waals surface area contributed by atoms with Crippen LogP contribution in [0.25, 0.3) is 0 Å². The third kappa shape index (κ3) is 5.98. The molecule has 170 valence electrons. The number of benzene rings is 3. The van der Waals surface area contributed by atoms with Gasteiger partial charge in [-0.1, -0.05) is 11.6 Å². The van der Waals surface area contributed by atoms with Gasteiger partial charge in [0.05, 0.1) is 43.8 Å². The van der Waals surface area contributed by atoms with Crippen LogP contribution in [-0.4, -0.2) is 33.2 Å². The summed E-state index contributed by atoms with van der Waals surface area (Å²) in [7, 11) is 4.38. The molecule has 0 radical (unpaired) electrons. The van der Waals surface area contributed by atoms with Crippen LogP contribution in [0, 0.1) is 0 Å². The Kier molecular flexibility index (Phi) is 7.82. The second kappa shape index (κ2) is 11.0. The van der Waals surface area contributed by atoms with E-state index < -0.39 is 11.9 Å². The Morgan fingerprint density at radius 1 is 0.818 bits per heavy atom. The number of halogens is 1. The molecular weight excluding hydrogens is 450 g/mol. The largest absolute Gasteiger partial charge is 0.493 e. The Hall–Kier alpha value is -4.11. The van der Waals surface area contributed by atoms with E-state index in [1.165, 1.54) is 33.5 Å². The summed E-state index contributed by atoms with van der Waals surface area (Å²) in [6, 6.07) is 15.7. The first kappa shape index (κ1) is 23.6. The predicted octanol–water partition coefficient (Wildman–Crippen LogP) is 5.47. The molecule has 0 aromatic heterocycles. The van der Waals surface area contributed by atoms with Crippen molar-refractivity contribution in [3.63, 3.8) is 0 Å². The lowest BCUT2D eigenvalue weighted by Gasteiger charge is -2.12. The van der Waals surface area contributed by atoms with Gasteiger partial charge in [0.1, 0.15) is 0 Å². The van der Waals surface area contributed by atoms with Crippen molar-refractivity contribution in [1.29, 1.82) is 0 Å². The van der Waals surface area contributed by atoms with Gasteiger partial charge in [0.15, 0.2) is 11.5 Å². The van der Waals surface area contributed by atoms with Crippen LogP contribution in [0.2, 0.25) is 5.02 Å². The molecule has 0 atom stereocenters. The highest BCUT2D eigenvalue weighted by Gasteiger charge is 2.17. The normalized spacial score (nSPS) is 10.5. The van der Waals surface area contributed by atoms with Crippen LogP contribution in [0.4, 0.5) is 11.4 Å². The van der Waals surface area contributed by atoms with Gasteiger partial charge in [-0.25, -0.2) is 10.3 Å². The molecule has 1 N–H and O–H groups in total. The summed E-state index contributed by atoms with van der Waals surface area (Å²) in [6.45, 7) is 0. The highest BCUT2D eigenvalue weighted by Crippen LogP contribution is 2.38. The number of amides is 1. The van der Waals surface area contributed by atoms with Crippen LogP contribution in [0.3, 0.4) is 0 Å². The van der Waals surface area contributed by atoms with Crippen molar-refractivity contribution < 1.29 is 28.6 Å². The number of methoxy groups -OCH3 is 3. The maximum atomic E-state index is 12.5. The molecule has 0 fully saturated rings. The highest BCUT2D eigenvalue weighted by molar-refractivity contribution is 6.30. The fourth-order valence-electron chi connectivity index (χ4n) is 2.71. The first-order valence-electron chi connectivity index (χ1n) is 9.54. The Morgan fingerprint density at radius 3 is 1.97 bits per heavy atom. The number of carbonyl (C=O) groups excluding carboxylic acids is 2. The van der Waals surface area contributed by atoms with E-state index >= 15 is 0 Å². The Labute approximate surface area is 194 Å². The molecule has 0 saturated heterocycles. The van der Waals surface area contributed by atoms with Crippen LogP contribution in [-0.2, 0) is 4.84 Å². The maximum Gasteiger partial charge on any atom is 0.362 e. The molecule has 0 aliphatic heterocycles. The number of azo groups is 1. The quantitative estimate of drug-likeness (QED) is 0.344. The summed E-state index contributed by atoms with van der Waals surface area (Å²) < 4.78 is 15.7. The standard InChI is InChI=1S/C23H20ClN3O6/c1-30-19-12-15(13-20(31-2)21(19)32-3)22(28)26-25-17-8-10-18(11-9-17)27-33-23(29)14-4-6-16(24)7-5-14/h4-13,27H,1-3H3. The van der Waals surface area contributed by atoms with E-state index in [4.69, 9.17) is 30.6 Å². The third-order valence-corrected chi connectivity index (χ3v) is 4.63. The summed E-state index contributed by atoms with van der Waals surface area (Å²) in [6.07, 6.45) is 0. The van der Waals surface area contributed by atoms with E-state index in [1.807, 2.05) is 0 Å².